The molecule has 0 aliphatic heterocycles. The highest BCUT2D eigenvalue weighted by Gasteiger charge is 1.99. The smallest absolute Gasteiger partial charge is 0.158 e. The van der Waals surface area contributed by atoms with Crippen molar-refractivity contribution in [2.45, 2.75) is 34.1 Å². The van der Waals surface area contributed by atoms with Gasteiger partial charge in [-0.05, 0) is 18.4 Å². The second-order valence-corrected chi connectivity index (χ2v) is 3.97. The van der Waals surface area contributed by atoms with E-state index in [4.69, 9.17) is 0 Å². The summed E-state index contributed by atoms with van der Waals surface area (Å²) in [7, 11) is 0. The van der Waals surface area contributed by atoms with Crippen molar-refractivity contribution in [1.82, 2.24) is 0 Å². The molecule has 0 fully saturated rings. The molecule has 0 heterocycles. The molecule has 0 amide bonds. The van der Waals surface area contributed by atoms with Crippen molar-refractivity contribution >= 4 is 5.78 Å². The van der Waals surface area contributed by atoms with E-state index in [1.807, 2.05) is 26.0 Å². The summed E-state index contributed by atoms with van der Waals surface area (Å²) < 4.78 is 0. The van der Waals surface area contributed by atoms with Crippen molar-refractivity contribution < 1.29 is 4.79 Å². The van der Waals surface area contributed by atoms with Gasteiger partial charge in [-0.1, -0.05) is 45.9 Å². The summed E-state index contributed by atoms with van der Waals surface area (Å²) >= 11 is 0. The Morgan fingerprint density at radius 2 is 1.77 bits per heavy atom. The highest BCUT2D eigenvalue weighted by molar-refractivity contribution is 5.91. The lowest BCUT2D eigenvalue weighted by atomic mass is 10.1. The molecule has 0 aliphatic rings. The Bertz CT molecular complexity index is 197. The number of carbonyl (C=O) groups is 1. The van der Waals surface area contributed by atoms with Gasteiger partial charge in [0.1, 0.15) is 0 Å². The van der Waals surface area contributed by atoms with Crippen LogP contribution in [-0.4, -0.2) is 5.78 Å². The number of hydrogen-bond donors (Lipinski definition) is 0. The molecule has 74 valence electrons. The molecule has 0 radical (unpaired) electrons. The van der Waals surface area contributed by atoms with Crippen LogP contribution in [0.5, 0.6) is 0 Å². The first-order valence-electron chi connectivity index (χ1n) is 4.91. The molecule has 0 spiro atoms. The predicted molar refractivity (Wildman–Crippen MR) is 57.6 cm³/mol. The Kier molecular flexibility index (Phi) is 6.21. The summed E-state index contributed by atoms with van der Waals surface area (Å²) in [4.78, 5) is 11.1. The normalized spacial score (nSPS) is 12.5. The van der Waals surface area contributed by atoms with Crippen LogP contribution >= 0.6 is 0 Å². The quantitative estimate of drug-likeness (QED) is 0.468. The van der Waals surface area contributed by atoms with Crippen molar-refractivity contribution in [3.63, 3.8) is 0 Å². The average Bonchev–Trinajstić information content (AvgIpc) is 2.02. The molecule has 0 aromatic carbocycles. The molecule has 13 heavy (non-hydrogen) atoms. The zero-order valence-corrected chi connectivity index (χ0v) is 9.08. The van der Waals surface area contributed by atoms with Crippen molar-refractivity contribution in [3.8, 4) is 0 Å². The fraction of sp³-hybridized carbons (Fsp3) is 0.583. The molecular weight excluding hydrogens is 160 g/mol. The molecule has 0 unspecified atom stereocenters. The summed E-state index contributed by atoms with van der Waals surface area (Å²) in [6.07, 6.45) is 8.57. The van der Waals surface area contributed by atoms with Gasteiger partial charge >= 0.3 is 0 Å². The molecule has 0 rings (SSSR count). The van der Waals surface area contributed by atoms with Gasteiger partial charge in [-0.2, -0.15) is 0 Å². The zero-order valence-electron chi connectivity index (χ0n) is 9.08. The van der Waals surface area contributed by atoms with Crippen molar-refractivity contribution in [3.05, 3.63) is 24.3 Å². The minimum Gasteiger partial charge on any atom is -0.295 e. The van der Waals surface area contributed by atoms with Crippen LogP contribution in [0.4, 0.5) is 0 Å². The molecule has 0 saturated heterocycles. The third-order valence-corrected chi connectivity index (χ3v) is 1.68. The summed E-state index contributed by atoms with van der Waals surface area (Å²) in [5.74, 6) is 0.981. The van der Waals surface area contributed by atoms with Gasteiger partial charge in [-0.25, -0.2) is 0 Å². The average molecular weight is 180 g/mol. The molecule has 0 aliphatic carbocycles. The summed E-state index contributed by atoms with van der Waals surface area (Å²) in [6, 6.07) is 0. The van der Waals surface area contributed by atoms with Crippen LogP contribution in [0.3, 0.4) is 0 Å². The van der Waals surface area contributed by atoms with Crippen LogP contribution in [-0.2, 0) is 4.79 Å². The molecule has 0 N–H and O–H groups in total. The van der Waals surface area contributed by atoms with Crippen LogP contribution in [0.25, 0.3) is 0 Å². The van der Waals surface area contributed by atoms with Gasteiger partial charge in [0.15, 0.2) is 5.78 Å². The minimum absolute atomic E-state index is 0.106. The zero-order chi connectivity index (χ0) is 10.3. The minimum atomic E-state index is 0.106. The summed E-state index contributed by atoms with van der Waals surface area (Å²) in [5, 5.41) is 0. The van der Waals surface area contributed by atoms with Gasteiger partial charge in [0.05, 0.1) is 0 Å². The first-order valence-corrected chi connectivity index (χ1v) is 4.91. The molecular formula is C12H20O. The largest absolute Gasteiger partial charge is 0.295 e. The molecule has 0 saturated carbocycles. The van der Waals surface area contributed by atoms with Gasteiger partial charge in [-0.15, -0.1) is 0 Å². The fourth-order valence-corrected chi connectivity index (χ4v) is 0.772. The van der Waals surface area contributed by atoms with Gasteiger partial charge in [0, 0.05) is 5.92 Å². The van der Waals surface area contributed by atoms with Crippen molar-refractivity contribution in [2.24, 2.45) is 11.8 Å². The van der Waals surface area contributed by atoms with Crippen LogP contribution in [0.1, 0.15) is 34.1 Å². The lowest BCUT2D eigenvalue weighted by Gasteiger charge is -1.96. The highest BCUT2D eigenvalue weighted by Crippen LogP contribution is 2.00. The van der Waals surface area contributed by atoms with Crippen molar-refractivity contribution in [1.29, 1.82) is 0 Å². The first-order chi connectivity index (χ1) is 6.04. The second-order valence-electron chi connectivity index (χ2n) is 3.97. The van der Waals surface area contributed by atoms with Gasteiger partial charge in [0.2, 0.25) is 0 Å². The number of carbonyl (C=O) groups excluding carboxylic acids is 1. The third-order valence-electron chi connectivity index (χ3n) is 1.68. The Labute approximate surface area is 81.5 Å². The molecule has 1 heteroatoms. The number of hydrogen-bond acceptors (Lipinski definition) is 1. The monoisotopic (exact) mass is 180 g/mol. The van der Waals surface area contributed by atoms with E-state index in [1.54, 1.807) is 6.08 Å². The molecule has 0 aromatic heterocycles. The molecule has 0 atom stereocenters. The Morgan fingerprint density at radius 1 is 1.15 bits per heavy atom. The van der Waals surface area contributed by atoms with E-state index in [0.29, 0.717) is 5.92 Å². The molecule has 0 bridgehead atoms. The second kappa shape index (κ2) is 6.64. The van der Waals surface area contributed by atoms with E-state index >= 15 is 0 Å². The van der Waals surface area contributed by atoms with E-state index in [-0.39, 0.29) is 11.7 Å². The lowest BCUT2D eigenvalue weighted by Crippen LogP contribution is -2.01. The summed E-state index contributed by atoms with van der Waals surface area (Å²) in [6.45, 7) is 8.16. The Morgan fingerprint density at radius 3 is 2.23 bits per heavy atom. The van der Waals surface area contributed by atoms with E-state index in [0.717, 1.165) is 6.42 Å². The topological polar surface area (TPSA) is 17.1 Å². The van der Waals surface area contributed by atoms with E-state index in [9.17, 15) is 4.79 Å². The lowest BCUT2D eigenvalue weighted by molar-refractivity contribution is -0.117. The maximum Gasteiger partial charge on any atom is 0.158 e. The van der Waals surface area contributed by atoms with Gasteiger partial charge in [-0.3, -0.25) is 4.79 Å². The number of ketones is 1. The Hall–Kier alpha value is -0.850. The maximum atomic E-state index is 11.1. The number of allylic oxidation sites excluding steroid dienone is 4. The standard InChI is InChI=1S/C12H20O/c1-10(2)8-6-5-7-9-12(13)11(3)4/h5-7,9-11H,8H2,1-4H3/b6-5+,9-7-. The van der Waals surface area contributed by atoms with Crippen LogP contribution in [0.15, 0.2) is 24.3 Å². The SMILES string of the molecule is CC(C)C/C=C/C=C\C(=O)C(C)C. The number of rotatable bonds is 5. The van der Waals surface area contributed by atoms with Gasteiger partial charge < -0.3 is 0 Å². The Balaban J connectivity index is 3.74. The maximum absolute atomic E-state index is 11.1. The van der Waals surface area contributed by atoms with Gasteiger partial charge in [0.25, 0.3) is 0 Å². The predicted octanol–water partition coefficient (Wildman–Crippen LogP) is 3.37. The van der Waals surface area contributed by atoms with Crippen LogP contribution in [0.2, 0.25) is 0 Å². The van der Waals surface area contributed by atoms with Crippen LogP contribution < -0.4 is 0 Å². The molecule has 0 aromatic rings. The third kappa shape index (κ3) is 7.51. The fourth-order valence-electron chi connectivity index (χ4n) is 0.772. The van der Waals surface area contributed by atoms with E-state index in [2.05, 4.69) is 19.9 Å². The highest BCUT2D eigenvalue weighted by atomic mass is 16.1. The first kappa shape index (κ1) is 12.2. The molecule has 1 nitrogen and oxygen atoms in total. The van der Waals surface area contributed by atoms with E-state index in [1.165, 1.54) is 0 Å². The summed E-state index contributed by atoms with van der Waals surface area (Å²) in [5.41, 5.74) is 0. The van der Waals surface area contributed by atoms with Crippen molar-refractivity contribution in [2.75, 3.05) is 0 Å². The van der Waals surface area contributed by atoms with Crippen LogP contribution in [0, 0.1) is 11.8 Å². The van der Waals surface area contributed by atoms with E-state index < -0.39 is 0 Å².